The number of nitrogens with zero attached hydrogens (tertiary/aromatic N) is 1. The fraction of sp³-hybridized carbons (Fsp3) is 0.200. The molecule has 0 bridgehead atoms. The molecular formula is C20H17F3N2O3. The average molecular weight is 390 g/mol. The van der Waals surface area contributed by atoms with Gasteiger partial charge in [-0.3, -0.25) is 4.79 Å². The number of alkyl halides is 3. The van der Waals surface area contributed by atoms with Gasteiger partial charge in [0.25, 0.3) is 5.91 Å². The van der Waals surface area contributed by atoms with E-state index in [2.05, 4.69) is 10.5 Å². The van der Waals surface area contributed by atoms with Crippen LogP contribution in [-0.4, -0.2) is 11.1 Å². The zero-order chi connectivity index (χ0) is 20.3. The average Bonchev–Trinajstić information content (AvgIpc) is 3.01. The minimum absolute atomic E-state index is 0.0101. The lowest BCUT2D eigenvalue weighted by molar-refractivity contribution is -0.136. The van der Waals surface area contributed by atoms with Gasteiger partial charge in [0.15, 0.2) is 5.69 Å². The van der Waals surface area contributed by atoms with Crippen LogP contribution in [0.5, 0.6) is 5.75 Å². The van der Waals surface area contributed by atoms with E-state index in [0.717, 1.165) is 11.6 Å². The largest absolute Gasteiger partial charge is 0.488 e. The van der Waals surface area contributed by atoms with Crippen molar-refractivity contribution in [3.05, 3.63) is 76.7 Å². The molecule has 5 nitrogen and oxygen atoms in total. The smallest absolute Gasteiger partial charge is 0.418 e. The van der Waals surface area contributed by atoms with Crippen LogP contribution in [0.1, 0.15) is 32.9 Å². The number of hydrogen-bond donors (Lipinski definition) is 1. The first-order chi connectivity index (χ1) is 13.3. The van der Waals surface area contributed by atoms with Gasteiger partial charge in [-0.25, -0.2) is 0 Å². The Balaban J connectivity index is 1.82. The number of halogens is 3. The summed E-state index contributed by atoms with van der Waals surface area (Å²) >= 11 is 0. The van der Waals surface area contributed by atoms with Crippen LogP contribution in [0.3, 0.4) is 0 Å². The predicted octanol–water partition coefficient (Wildman–Crippen LogP) is 5.14. The number of rotatable bonds is 5. The summed E-state index contributed by atoms with van der Waals surface area (Å²) in [6.45, 7) is 3.46. The van der Waals surface area contributed by atoms with Crippen molar-refractivity contribution in [3.8, 4) is 5.75 Å². The van der Waals surface area contributed by atoms with Gasteiger partial charge >= 0.3 is 6.18 Å². The van der Waals surface area contributed by atoms with Crippen molar-refractivity contribution in [2.75, 3.05) is 5.32 Å². The molecule has 1 heterocycles. The second-order valence-corrected chi connectivity index (χ2v) is 6.12. The number of hydrogen-bond acceptors (Lipinski definition) is 4. The summed E-state index contributed by atoms with van der Waals surface area (Å²) in [5, 5.41) is 5.95. The Morgan fingerprint density at radius 1 is 1.11 bits per heavy atom. The van der Waals surface area contributed by atoms with E-state index in [-0.39, 0.29) is 18.0 Å². The zero-order valence-electron chi connectivity index (χ0n) is 15.1. The molecule has 1 N–H and O–H groups in total. The maximum Gasteiger partial charge on any atom is 0.418 e. The normalized spacial score (nSPS) is 11.3. The number of para-hydroxylation sites is 2. The zero-order valence-corrected chi connectivity index (χ0v) is 15.1. The summed E-state index contributed by atoms with van der Waals surface area (Å²) in [7, 11) is 0. The maximum atomic E-state index is 13.1. The number of anilines is 1. The first-order valence-electron chi connectivity index (χ1n) is 8.38. The molecule has 3 aromatic rings. The molecule has 1 aromatic heterocycles. The molecule has 28 heavy (non-hydrogen) atoms. The highest BCUT2D eigenvalue weighted by atomic mass is 19.4. The van der Waals surface area contributed by atoms with Crippen molar-refractivity contribution >= 4 is 11.6 Å². The highest BCUT2D eigenvalue weighted by molar-refractivity contribution is 6.04. The van der Waals surface area contributed by atoms with Crippen molar-refractivity contribution in [1.82, 2.24) is 5.16 Å². The second kappa shape index (κ2) is 7.75. The Kier molecular flexibility index (Phi) is 5.39. The van der Waals surface area contributed by atoms with E-state index in [1.807, 2.05) is 25.1 Å². The third kappa shape index (κ3) is 4.16. The van der Waals surface area contributed by atoms with E-state index >= 15 is 0 Å². The number of benzene rings is 2. The first-order valence-corrected chi connectivity index (χ1v) is 8.38. The maximum absolute atomic E-state index is 13.1. The van der Waals surface area contributed by atoms with Crippen molar-refractivity contribution in [2.45, 2.75) is 26.6 Å². The van der Waals surface area contributed by atoms with Crippen LogP contribution in [0.25, 0.3) is 0 Å². The number of carbonyl (C=O) groups is 1. The third-order valence-corrected chi connectivity index (χ3v) is 4.15. The van der Waals surface area contributed by atoms with Crippen molar-refractivity contribution < 1.29 is 27.2 Å². The topological polar surface area (TPSA) is 64.4 Å². The standard InChI is InChI=1S/C20H17F3N2O3/c1-12-7-3-6-10-17(12)27-11-14-13(2)28-25-18(14)19(26)24-16-9-5-4-8-15(16)20(21,22)23/h3-10H,11H2,1-2H3,(H,24,26). The van der Waals surface area contributed by atoms with Gasteiger partial charge in [-0.2, -0.15) is 13.2 Å². The number of aryl methyl sites for hydroxylation is 2. The lowest BCUT2D eigenvalue weighted by Crippen LogP contribution is -2.18. The molecule has 0 atom stereocenters. The van der Waals surface area contributed by atoms with Crippen molar-refractivity contribution in [3.63, 3.8) is 0 Å². The van der Waals surface area contributed by atoms with Gasteiger partial charge < -0.3 is 14.6 Å². The number of carbonyl (C=O) groups excluding carboxylic acids is 1. The summed E-state index contributed by atoms with van der Waals surface area (Å²) in [6.07, 6.45) is -4.60. The minimum atomic E-state index is -4.60. The predicted molar refractivity (Wildman–Crippen MR) is 96.1 cm³/mol. The highest BCUT2D eigenvalue weighted by Gasteiger charge is 2.34. The van der Waals surface area contributed by atoms with Gasteiger partial charge in [0, 0.05) is 0 Å². The molecule has 0 saturated heterocycles. The molecule has 0 aliphatic rings. The number of ether oxygens (including phenoxy) is 1. The van der Waals surface area contributed by atoms with E-state index in [4.69, 9.17) is 9.26 Å². The Bertz CT molecular complexity index is 996. The van der Waals surface area contributed by atoms with Crippen LogP contribution >= 0.6 is 0 Å². The Morgan fingerprint density at radius 2 is 1.79 bits per heavy atom. The molecule has 0 unspecified atom stereocenters. The summed E-state index contributed by atoms with van der Waals surface area (Å²) < 4.78 is 50.2. The SMILES string of the molecule is Cc1ccccc1OCc1c(C(=O)Nc2ccccc2C(F)(F)F)noc1C. The van der Waals surface area contributed by atoms with Crippen LogP contribution < -0.4 is 10.1 Å². The lowest BCUT2D eigenvalue weighted by Gasteiger charge is -2.13. The first kappa shape index (κ1) is 19.5. The van der Waals surface area contributed by atoms with Crippen LogP contribution in [0.4, 0.5) is 18.9 Å². The number of nitrogens with one attached hydrogen (secondary N) is 1. The van der Waals surface area contributed by atoms with Crippen molar-refractivity contribution in [2.24, 2.45) is 0 Å². The molecule has 0 spiro atoms. The number of amides is 1. The fourth-order valence-electron chi connectivity index (χ4n) is 2.63. The summed E-state index contributed by atoms with van der Waals surface area (Å²) in [5.41, 5.74) is -0.150. The molecule has 0 saturated carbocycles. The van der Waals surface area contributed by atoms with E-state index in [1.54, 1.807) is 13.0 Å². The molecule has 0 fully saturated rings. The third-order valence-electron chi connectivity index (χ3n) is 4.15. The van der Waals surface area contributed by atoms with E-state index in [9.17, 15) is 18.0 Å². The van der Waals surface area contributed by atoms with Crippen LogP contribution in [0.15, 0.2) is 53.1 Å². The van der Waals surface area contributed by atoms with Crippen LogP contribution in [0.2, 0.25) is 0 Å². The van der Waals surface area contributed by atoms with Gasteiger partial charge in [-0.1, -0.05) is 35.5 Å². The molecule has 0 aliphatic heterocycles. The van der Waals surface area contributed by atoms with Gasteiger partial charge in [0.1, 0.15) is 18.1 Å². The summed E-state index contributed by atoms with van der Waals surface area (Å²) in [6, 6.07) is 12.0. The molecule has 0 radical (unpaired) electrons. The highest BCUT2D eigenvalue weighted by Crippen LogP contribution is 2.34. The molecule has 1 amide bonds. The molecule has 3 rings (SSSR count). The second-order valence-electron chi connectivity index (χ2n) is 6.12. The van der Waals surface area contributed by atoms with E-state index < -0.39 is 17.6 Å². The van der Waals surface area contributed by atoms with Crippen molar-refractivity contribution in [1.29, 1.82) is 0 Å². The fourth-order valence-corrected chi connectivity index (χ4v) is 2.63. The van der Waals surface area contributed by atoms with Gasteiger partial charge in [-0.15, -0.1) is 0 Å². The van der Waals surface area contributed by atoms with Gasteiger partial charge in [0.05, 0.1) is 16.8 Å². The summed E-state index contributed by atoms with van der Waals surface area (Å²) in [4.78, 5) is 12.5. The summed E-state index contributed by atoms with van der Waals surface area (Å²) in [5.74, 6) is 0.164. The van der Waals surface area contributed by atoms with Gasteiger partial charge in [-0.05, 0) is 37.6 Å². The molecular weight excluding hydrogens is 373 g/mol. The minimum Gasteiger partial charge on any atom is -0.488 e. The molecule has 146 valence electrons. The Labute approximate surface area is 159 Å². The van der Waals surface area contributed by atoms with Gasteiger partial charge in [0.2, 0.25) is 0 Å². The number of aromatic nitrogens is 1. The Morgan fingerprint density at radius 3 is 2.50 bits per heavy atom. The molecule has 2 aromatic carbocycles. The van der Waals surface area contributed by atoms with Crippen LogP contribution in [0, 0.1) is 13.8 Å². The van der Waals surface area contributed by atoms with E-state index in [1.165, 1.54) is 18.2 Å². The Hall–Kier alpha value is -3.29. The lowest BCUT2D eigenvalue weighted by atomic mass is 10.1. The van der Waals surface area contributed by atoms with E-state index in [0.29, 0.717) is 17.1 Å². The quantitative estimate of drug-likeness (QED) is 0.655. The molecule has 0 aliphatic carbocycles. The molecule has 8 heteroatoms. The monoisotopic (exact) mass is 390 g/mol. The van der Waals surface area contributed by atoms with Crippen LogP contribution in [-0.2, 0) is 12.8 Å².